The van der Waals surface area contributed by atoms with Crippen LogP contribution in [0.4, 0.5) is 13.2 Å². The van der Waals surface area contributed by atoms with Crippen LogP contribution in [0, 0.1) is 5.92 Å². The van der Waals surface area contributed by atoms with Crippen molar-refractivity contribution in [2.24, 2.45) is 5.92 Å². The molecule has 98 valence electrons. The van der Waals surface area contributed by atoms with Crippen LogP contribution in [0.1, 0.15) is 30.0 Å². The molecule has 1 unspecified atom stereocenters. The van der Waals surface area contributed by atoms with Gasteiger partial charge in [-0.25, -0.2) is 0 Å². The second-order valence-corrected chi connectivity index (χ2v) is 4.93. The number of fused-ring (bicyclic) bond motifs is 1. The van der Waals surface area contributed by atoms with Crippen molar-refractivity contribution in [3.63, 3.8) is 0 Å². The number of hydrogen-bond acceptors (Lipinski definition) is 2. The van der Waals surface area contributed by atoms with Crippen LogP contribution in [-0.4, -0.2) is 12.9 Å². The van der Waals surface area contributed by atoms with Crippen LogP contribution >= 0.6 is 0 Å². The van der Waals surface area contributed by atoms with Crippen LogP contribution in [0.15, 0.2) is 18.2 Å². The topological polar surface area (TPSA) is 21.3 Å². The minimum atomic E-state index is -4.62. The summed E-state index contributed by atoms with van der Waals surface area (Å²) >= 11 is 0. The molecule has 1 heterocycles. The lowest BCUT2D eigenvalue weighted by Crippen LogP contribution is -2.31. The quantitative estimate of drug-likeness (QED) is 0.878. The Morgan fingerprint density at radius 1 is 1.22 bits per heavy atom. The summed E-state index contributed by atoms with van der Waals surface area (Å²) in [6.45, 7) is 0.896. The van der Waals surface area contributed by atoms with E-state index >= 15 is 0 Å². The van der Waals surface area contributed by atoms with E-state index in [-0.39, 0.29) is 11.8 Å². The molecule has 1 aromatic rings. The summed E-state index contributed by atoms with van der Waals surface area (Å²) in [5.41, 5.74) is 2.12. The summed E-state index contributed by atoms with van der Waals surface area (Å²) in [6, 6.07) is 4.90. The fourth-order valence-electron chi connectivity index (χ4n) is 2.61. The summed E-state index contributed by atoms with van der Waals surface area (Å²) < 4.78 is 40.6. The second kappa shape index (κ2) is 4.16. The van der Waals surface area contributed by atoms with E-state index in [1.807, 2.05) is 0 Å². The van der Waals surface area contributed by atoms with Gasteiger partial charge < -0.3 is 10.1 Å². The van der Waals surface area contributed by atoms with Crippen molar-refractivity contribution in [3.8, 4) is 5.75 Å². The normalized spacial score (nSPS) is 23.6. The second-order valence-electron chi connectivity index (χ2n) is 4.93. The Morgan fingerprint density at radius 2 is 2.00 bits per heavy atom. The molecular weight excluding hydrogens is 243 g/mol. The highest BCUT2D eigenvalue weighted by atomic mass is 19.4. The predicted octanol–water partition coefficient (Wildman–Crippen LogP) is 3.18. The highest BCUT2D eigenvalue weighted by Crippen LogP contribution is 2.44. The van der Waals surface area contributed by atoms with Crippen molar-refractivity contribution in [3.05, 3.63) is 29.3 Å². The van der Waals surface area contributed by atoms with Crippen LogP contribution < -0.4 is 10.1 Å². The average Bonchev–Trinajstić information content (AvgIpc) is 3.10. The molecule has 0 aromatic heterocycles. The molecular formula is C13H14F3NO. The number of hydrogen-bond donors (Lipinski definition) is 1. The SMILES string of the molecule is FC(F)(F)Oc1ccc2c(c1)C(C1CC1)NCC2. The van der Waals surface area contributed by atoms with Crippen molar-refractivity contribution in [2.45, 2.75) is 31.7 Å². The van der Waals surface area contributed by atoms with Crippen LogP contribution in [0.2, 0.25) is 0 Å². The van der Waals surface area contributed by atoms with E-state index in [9.17, 15) is 13.2 Å². The lowest BCUT2D eigenvalue weighted by atomic mass is 9.91. The van der Waals surface area contributed by atoms with Gasteiger partial charge in [-0.05, 0) is 55.0 Å². The van der Waals surface area contributed by atoms with Crippen LogP contribution in [-0.2, 0) is 6.42 Å². The van der Waals surface area contributed by atoms with Gasteiger partial charge in [0, 0.05) is 6.04 Å². The molecule has 0 amide bonds. The maximum absolute atomic E-state index is 12.2. The zero-order valence-electron chi connectivity index (χ0n) is 9.76. The number of ether oxygens (including phenoxy) is 1. The van der Waals surface area contributed by atoms with Crippen molar-refractivity contribution in [1.29, 1.82) is 0 Å². The van der Waals surface area contributed by atoms with Crippen molar-refractivity contribution >= 4 is 0 Å². The van der Waals surface area contributed by atoms with Crippen LogP contribution in [0.3, 0.4) is 0 Å². The van der Waals surface area contributed by atoms with Gasteiger partial charge in [-0.3, -0.25) is 0 Å². The number of benzene rings is 1. The molecule has 1 aromatic carbocycles. The lowest BCUT2D eigenvalue weighted by Gasteiger charge is -2.27. The first-order valence-electron chi connectivity index (χ1n) is 6.15. The van der Waals surface area contributed by atoms with Gasteiger partial charge in [-0.1, -0.05) is 6.07 Å². The molecule has 5 heteroatoms. The van der Waals surface area contributed by atoms with Gasteiger partial charge in [-0.2, -0.15) is 0 Å². The molecule has 0 bridgehead atoms. The first-order chi connectivity index (χ1) is 8.53. The van der Waals surface area contributed by atoms with E-state index < -0.39 is 6.36 Å². The maximum Gasteiger partial charge on any atom is 0.573 e. The highest BCUT2D eigenvalue weighted by Gasteiger charge is 2.36. The van der Waals surface area contributed by atoms with Gasteiger partial charge in [0.2, 0.25) is 0 Å². The van der Waals surface area contributed by atoms with Crippen molar-refractivity contribution in [1.82, 2.24) is 5.32 Å². The van der Waals surface area contributed by atoms with E-state index in [2.05, 4.69) is 10.1 Å². The molecule has 1 saturated carbocycles. The standard InChI is InChI=1S/C13H14F3NO/c14-13(15,16)18-10-4-3-8-5-6-17-12(9-1-2-9)11(8)7-10/h3-4,7,9,12,17H,1-2,5-6H2. The Bertz CT molecular complexity index is 454. The van der Waals surface area contributed by atoms with Crippen LogP contribution in [0.5, 0.6) is 5.75 Å². The molecule has 1 aliphatic carbocycles. The Balaban J connectivity index is 1.89. The summed E-state index contributed by atoms with van der Waals surface area (Å²) in [6.07, 6.45) is -1.45. The third kappa shape index (κ3) is 2.46. The predicted molar refractivity (Wildman–Crippen MR) is 60.3 cm³/mol. The van der Waals surface area contributed by atoms with E-state index in [1.165, 1.54) is 12.1 Å². The third-order valence-electron chi connectivity index (χ3n) is 3.54. The Kier molecular flexibility index (Phi) is 2.73. The molecule has 2 nitrogen and oxygen atoms in total. The molecule has 0 saturated heterocycles. The summed E-state index contributed by atoms with van der Waals surface area (Å²) in [5.74, 6) is 0.459. The fraction of sp³-hybridized carbons (Fsp3) is 0.538. The van der Waals surface area contributed by atoms with E-state index in [1.54, 1.807) is 6.07 Å². The zero-order valence-corrected chi connectivity index (χ0v) is 9.76. The first-order valence-corrected chi connectivity index (χ1v) is 6.15. The minimum Gasteiger partial charge on any atom is -0.406 e. The summed E-state index contributed by atoms with van der Waals surface area (Å²) in [5, 5.41) is 3.39. The Hall–Kier alpha value is -1.23. The molecule has 3 rings (SSSR count). The van der Waals surface area contributed by atoms with E-state index in [4.69, 9.17) is 0 Å². The maximum atomic E-state index is 12.2. The molecule has 18 heavy (non-hydrogen) atoms. The summed E-state index contributed by atoms with van der Waals surface area (Å²) in [7, 11) is 0. The molecule has 2 aliphatic rings. The molecule has 1 atom stereocenters. The van der Waals surface area contributed by atoms with Crippen molar-refractivity contribution < 1.29 is 17.9 Å². The van der Waals surface area contributed by atoms with Gasteiger partial charge in [-0.15, -0.1) is 13.2 Å². The average molecular weight is 257 g/mol. The van der Waals surface area contributed by atoms with Gasteiger partial charge in [0.25, 0.3) is 0 Å². The van der Waals surface area contributed by atoms with E-state index in [0.717, 1.165) is 36.9 Å². The Labute approximate surface area is 103 Å². The molecule has 1 fully saturated rings. The Morgan fingerprint density at radius 3 is 2.67 bits per heavy atom. The smallest absolute Gasteiger partial charge is 0.406 e. The monoisotopic (exact) mass is 257 g/mol. The molecule has 0 radical (unpaired) electrons. The lowest BCUT2D eigenvalue weighted by molar-refractivity contribution is -0.274. The first kappa shape index (κ1) is 11.8. The number of rotatable bonds is 2. The largest absolute Gasteiger partial charge is 0.573 e. The minimum absolute atomic E-state index is 0.115. The van der Waals surface area contributed by atoms with Gasteiger partial charge in [0.05, 0.1) is 0 Å². The zero-order chi connectivity index (χ0) is 12.8. The number of nitrogens with one attached hydrogen (secondary N) is 1. The van der Waals surface area contributed by atoms with Gasteiger partial charge in [0.1, 0.15) is 5.75 Å². The molecule has 1 N–H and O–H groups in total. The van der Waals surface area contributed by atoms with Crippen molar-refractivity contribution in [2.75, 3.05) is 6.54 Å². The molecule has 0 spiro atoms. The van der Waals surface area contributed by atoms with Gasteiger partial charge >= 0.3 is 6.36 Å². The summed E-state index contributed by atoms with van der Waals surface area (Å²) in [4.78, 5) is 0. The van der Waals surface area contributed by atoms with Crippen LogP contribution in [0.25, 0.3) is 0 Å². The highest BCUT2D eigenvalue weighted by molar-refractivity contribution is 5.40. The number of alkyl halides is 3. The molecule has 1 aliphatic heterocycles. The van der Waals surface area contributed by atoms with E-state index in [0.29, 0.717) is 5.92 Å². The van der Waals surface area contributed by atoms with Gasteiger partial charge in [0.15, 0.2) is 0 Å². The fourth-order valence-corrected chi connectivity index (χ4v) is 2.61. The third-order valence-corrected chi connectivity index (χ3v) is 3.54. The number of halogens is 3.